The molecule has 1 heterocycles. The minimum absolute atomic E-state index is 0.167. The molecule has 0 aromatic heterocycles. The van der Waals surface area contributed by atoms with Crippen LogP contribution in [0.25, 0.3) is 0 Å². The summed E-state index contributed by atoms with van der Waals surface area (Å²) in [4.78, 5) is 11.0. The molecule has 3 nitrogen and oxygen atoms in total. The fourth-order valence-electron chi connectivity index (χ4n) is 1.31. The molecule has 0 bridgehead atoms. The maximum absolute atomic E-state index is 11.0. The second-order valence-corrected chi connectivity index (χ2v) is 4.01. The molecule has 0 atom stereocenters. The lowest BCUT2D eigenvalue weighted by molar-refractivity contribution is -0.728. The fraction of sp³-hybridized carbons (Fsp3) is 0.875. The van der Waals surface area contributed by atoms with Crippen molar-refractivity contribution in [3.05, 3.63) is 0 Å². The molecule has 1 aliphatic heterocycles. The van der Waals surface area contributed by atoms with Crippen LogP contribution in [0.3, 0.4) is 0 Å². The molecule has 0 unspecified atom stereocenters. The van der Waals surface area contributed by atoms with Crippen molar-refractivity contribution in [2.45, 2.75) is 19.4 Å². The van der Waals surface area contributed by atoms with Crippen molar-refractivity contribution in [3.63, 3.8) is 0 Å². The van der Waals surface area contributed by atoms with Gasteiger partial charge < -0.3 is 10.1 Å². The van der Waals surface area contributed by atoms with Crippen LogP contribution in [0.1, 0.15) is 13.8 Å². The topological polar surface area (TPSA) is 42.9 Å². The highest BCUT2D eigenvalue weighted by Gasteiger charge is 2.40. The molecule has 4 heteroatoms. The van der Waals surface area contributed by atoms with Crippen molar-refractivity contribution in [3.8, 4) is 0 Å². The van der Waals surface area contributed by atoms with E-state index in [4.69, 9.17) is 4.74 Å². The summed E-state index contributed by atoms with van der Waals surface area (Å²) >= 11 is 3.86. The van der Waals surface area contributed by atoms with Crippen molar-refractivity contribution in [2.24, 2.45) is 5.92 Å². The molecule has 0 amide bonds. The maximum Gasteiger partial charge on any atom is 0.316 e. The summed E-state index contributed by atoms with van der Waals surface area (Å²) in [5, 5.41) is 2.21. The van der Waals surface area contributed by atoms with E-state index in [-0.39, 0.29) is 17.3 Å². The van der Waals surface area contributed by atoms with Crippen LogP contribution in [0.15, 0.2) is 0 Å². The normalized spacial score (nSPS) is 18.6. The highest BCUT2D eigenvalue weighted by molar-refractivity contribution is 7.81. The molecule has 0 radical (unpaired) electrons. The van der Waals surface area contributed by atoms with Gasteiger partial charge in [-0.05, 0) is 13.8 Å². The van der Waals surface area contributed by atoms with Gasteiger partial charge in [0.1, 0.15) is 5.60 Å². The van der Waals surface area contributed by atoms with Gasteiger partial charge in [-0.15, -0.1) is 0 Å². The molecule has 2 N–H and O–H groups in total. The molecule has 1 rings (SSSR count). The van der Waals surface area contributed by atoms with E-state index in [1.807, 2.05) is 13.8 Å². The first-order valence-corrected chi connectivity index (χ1v) is 4.84. The fourth-order valence-corrected chi connectivity index (χ4v) is 1.37. The third-order valence-electron chi connectivity index (χ3n) is 2.39. The average Bonchev–Trinajstić information content (AvgIpc) is 1.80. The van der Waals surface area contributed by atoms with Crippen LogP contribution in [0.4, 0.5) is 0 Å². The average molecular weight is 190 g/mol. The van der Waals surface area contributed by atoms with E-state index in [0.29, 0.717) is 5.92 Å². The summed E-state index contributed by atoms with van der Waals surface area (Å²) in [7, 11) is 0. The number of thiol groups is 1. The SMILES string of the molecule is CC(C)(OC(=O)CS)C1C[NH2+]C1. The molecule has 1 fully saturated rings. The Kier molecular flexibility index (Phi) is 3.01. The third-order valence-corrected chi connectivity index (χ3v) is 2.65. The van der Waals surface area contributed by atoms with E-state index in [9.17, 15) is 4.79 Å². The summed E-state index contributed by atoms with van der Waals surface area (Å²) < 4.78 is 5.26. The number of hydrogen-bond donors (Lipinski definition) is 2. The van der Waals surface area contributed by atoms with Gasteiger partial charge in [0.2, 0.25) is 0 Å². The van der Waals surface area contributed by atoms with Crippen molar-refractivity contribution in [1.82, 2.24) is 0 Å². The summed E-state index contributed by atoms with van der Waals surface area (Å²) in [6.07, 6.45) is 0. The van der Waals surface area contributed by atoms with Crippen molar-refractivity contribution >= 4 is 18.6 Å². The predicted octanol–water partition coefficient (Wildman–Crippen LogP) is -0.569. The second kappa shape index (κ2) is 3.66. The molecule has 70 valence electrons. The van der Waals surface area contributed by atoms with Gasteiger partial charge in [-0.1, -0.05) is 0 Å². The maximum atomic E-state index is 11.0. The van der Waals surface area contributed by atoms with E-state index < -0.39 is 0 Å². The molecule has 0 spiro atoms. The number of quaternary nitrogens is 1. The van der Waals surface area contributed by atoms with Crippen molar-refractivity contribution in [1.29, 1.82) is 0 Å². The van der Waals surface area contributed by atoms with Crippen LogP contribution >= 0.6 is 12.6 Å². The van der Waals surface area contributed by atoms with Gasteiger partial charge in [-0.2, -0.15) is 12.6 Å². The van der Waals surface area contributed by atoms with Gasteiger partial charge in [0.25, 0.3) is 0 Å². The van der Waals surface area contributed by atoms with Gasteiger partial charge in [-0.25, -0.2) is 0 Å². The largest absolute Gasteiger partial charge is 0.458 e. The highest BCUT2D eigenvalue weighted by atomic mass is 32.1. The molecule has 12 heavy (non-hydrogen) atoms. The van der Waals surface area contributed by atoms with Crippen LogP contribution in [0, 0.1) is 5.92 Å². The molecular formula is C8H16NO2S+. The lowest BCUT2D eigenvalue weighted by Crippen LogP contribution is -2.98. The second-order valence-electron chi connectivity index (χ2n) is 3.69. The lowest BCUT2D eigenvalue weighted by Gasteiger charge is -2.36. The minimum atomic E-state index is -0.311. The number of rotatable bonds is 3. The Balaban J connectivity index is 2.41. The zero-order valence-electron chi connectivity index (χ0n) is 7.54. The van der Waals surface area contributed by atoms with E-state index in [1.54, 1.807) is 0 Å². The third kappa shape index (κ3) is 2.14. The Hall–Kier alpha value is -0.220. The first kappa shape index (κ1) is 9.86. The number of carbonyl (C=O) groups excluding carboxylic acids is 1. The molecule has 0 aromatic carbocycles. The standard InChI is InChI=1S/C8H15NO2S/c1-8(2,6-3-9-4-6)11-7(10)5-12/h6,9,12H,3-5H2,1-2H3/p+1. The lowest BCUT2D eigenvalue weighted by atomic mass is 9.86. The zero-order chi connectivity index (χ0) is 9.19. The Morgan fingerprint density at radius 1 is 1.67 bits per heavy atom. The Morgan fingerprint density at radius 3 is 2.58 bits per heavy atom. The smallest absolute Gasteiger partial charge is 0.316 e. The highest BCUT2D eigenvalue weighted by Crippen LogP contribution is 2.21. The van der Waals surface area contributed by atoms with E-state index in [2.05, 4.69) is 17.9 Å². The summed E-state index contributed by atoms with van der Waals surface area (Å²) in [6, 6.07) is 0. The summed E-state index contributed by atoms with van der Waals surface area (Å²) in [5.41, 5.74) is -0.311. The first-order chi connectivity index (χ1) is 5.56. The summed E-state index contributed by atoms with van der Waals surface area (Å²) in [6.45, 7) is 6.05. The zero-order valence-corrected chi connectivity index (χ0v) is 8.43. The summed E-state index contributed by atoms with van der Waals surface area (Å²) in [5.74, 6) is 0.441. The quantitative estimate of drug-likeness (QED) is 0.462. The van der Waals surface area contributed by atoms with Gasteiger partial charge >= 0.3 is 5.97 Å². The Morgan fingerprint density at radius 2 is 2.25 bits per heavy atom. The van der Waals surface area contributed by atoms with Gasteiger partial charge in [-0.3, -0.25) is 4.79 Å². The van der Waals surface area contributed by atoms with Gasteiger partial charge in [0, 0.05) is 0 Å². The number of nitrogens with two attached hydrogens (primary N) is 1. The molecule has 1 saturated heterocycles. The van der Waals surface area contributed by atoms with E-state index >= 15 is 0 Å². The van der Waals surface area contributed by atoms with Crippen molar-refractivity contribution < 1.29 is 14.8 Å². The van der Waals surface area contributed by atoms with Gasteiger partial charge in [0.15, 0.2) is 0 Å². The van der Waals surface area contributed by atoms with Crippen LogP contribution in [-0.2, 0) is 9.53 Å². The Bertz CT molecular complexity index is 178. The van der Waals surface area contributed by atoms with E-state index in [0.717, 1.165) is 13.1 Å². The first-order valence-electron chi connectivity index (χ1n) is 4.20. The van der Waals surface area contributed by atoms with Crippen molar-refractivity contribution in [2.75, 3.05) is 18.8 Å². The van der Waals surface area contributed by atoms with Crippen LogP contribution in [-0.4, -0.2) is 30.4 Å². The molecule has 0 aromatic rings. The predicted molar refractivity (Wildman–Crippen MR) is 49.2 cm³/mol. The van der Waals surface area contributed by atoms with Gasteiger partial charge in [0.05, 0.1) is 24.8 Å². The number of ether oxygens (including phenoxy) is 1. The molecule has 1 aliphatic rings. The molecule has 0 saturated carbocycles. The molecular weight excluding hydrogens is 174 g/mol. The molecule has 0 aliphatic carbocycles. The monoisotopic (exact) mass is 190 g/mol. The number of carbonyl (C=O) groups is 1. The Labute approximate surface area is 78.3 Å². The van der Waals surface area contributed by atoms with Crippen LogP contribution < -0.4 is 5.32 Å². The van der Waals surface area contributed by atoms with Crippen LogP contribution in [0.2, 0.25) is 0 Å². The van der Waals surface area contributed by atoms with Crippen LogP contribution in [0.5, 0.6) is 0 Å². The minimum Gasteiger partial charge on any atom is -0.458 e. The number of hydrogen-bond acceptors (Lipinski definition) is 3. The number of esters is 1. The van der Waals surface area contributed by atoms with E-state index in [1.165, 1.54) is 0 Å².